The average Bonchev–Trinajstić information content (AvgIpc) is 2.46. The summed E-state index contributed by atoms with van der Waals surface area (Å²) in [5, 5.41) is 3.01. The molecule has 1 amide bonds. The summed E-state index contributed by atoms with van der Waals surface area (Å²) in [6, 6.07) is 7.38. The van der Waals surface area contributed by atoms with Crippen LogP contribution < -0.4 is 20.5 Å². The Morgan fingerprint density at radius 2 is 1.95 bits per heavy atom. The SMILES string of the molecule is COc1ccccc1OCCC(=O)NC(C)(CN)CC(C)C. The maximum atomic E-state index is 12.1. The minimum Gasteiger partial charge on any atom is -0.493 e. The largest absolute Gasteiger partial charge is 0.493 e. The molecule has 0 radical (unpaired) electrons. The Balaban J connectivity index is 2.46. The van der Waals surface area contributed by atoms with Gasteiger partial charge in [0.05, 0.1) is 20.1 Å². The van der Waals surface area contributed by atoms with Crippen LogP contribution in [0.2, 0.25) is 0 Å². The molecule has 1 rings (SSSR count). The van der Waals surface area contributed by atoms with E-state index in [1.54, 1.807) is 7.11 Å². The molecule has 3 N–H and O–H groups in total. The van der Waals surface area contributed by atoms with Gasteiger partial charge in [0.25, 0.3) is 0 Å². The zero-order chi connectivity index (χ0) is 16.6. The molecule has 0 spiro atoms. The highest BCUT2D eigenvalue weighted by atomic mass is 16.5. The van der Waals surface area contributed by atoms with Gasteiger partial charge in [-0.2, -0.15) is 0 Å². The number of carbonyl (C=O) groups excluding carboxylic acids is 1. The second-order valence-electron chi connectivity index (χ2n) is 6.16. The summed E-state index contributed by atoms with van der Waals surface area (Å²) in [5.74, 6) is 1.72. The molecule has 1 unspecified atom stereocenters. The van der Waals surface area contributed by atoms with Gasteiger partial charge < -0.3 is 20.5 Å². The number of para-hydroxylation sites is 2. The zero-order valence-electron chi connectivity index (χ0n) is 14.0. The molecule has 0 heterocycles. The Labute approximate surface area is 133 Å². The third kappa shape index (κ3) is 5.93. The Morgan fingerprint density at radius 3 is 2.50 bits per heavy atom. The molecule has 0 fully saturated rings. The number of nitrogens with one attached hydrogen (secondary N) is 1. The van der Waals surface area contributed by atoms with E-state index < -0.39 is 0 Å². The van der Waals surface area contributed by atoms with Gasteiger partial charge >= 0.3 is 0 Å². The fraction of sp³-hybridized carbons (Fsp3) is 0.588. The first kappa shape index (κ1) is 18.3. The Hall–Kier alpha value is -1.75. The molecule has 5 heteroatoms. The van der Waals surface area contributed by atoms with Crippen molar-refractivity contribution in [1.82, 2.24) is 5.32 Å². The second-order valence-corrected chi connectivity index (χ2v) is 6.16. The van der Waals surface area contributed by atoms with Crippen LogP contribution in [0.15, 0.2) is 24.3 Å². The molecule has 1 atom stereocenters. The molecule has 1 aromatic rings. The number of carbonyl (C=O) groups is 1. The molecular weight excluding hydrogens is 280 g/mol. The first-order chi connectivity index (χ1) is 10.4. The normalized spacial score (nSPS) is 13.5. The topological polar surface area (TPSA) is 73.6 Å². The number of nitrogens with two attached hydrogens (primary N) is 1. The highest BCUT2D eigenvalue weighted by Crippen LogP contribution is 2.25. The van der Waals surface area contributed by atoms with E-state index in [9.17, 15) is 4.79 Å². The molecule has 0 aliphatic heterocycles. The number of methoxy groups -OCH3 is 1. The highest BCUT2D eigenvalue weighted by Gasteiger charge is 2.25. The van der Waals surface area contributed by atoms with E-state index in [1.165, 1.54) is 0 Å². The predicted octanol–water partition coefficient (Wildman–Crippen LogP) is 2.34. The smallest absolute Gasteiger partial charge is 0.223 e. The van der Waals surface area contributed by atoms with E-state index in [2.05, 4.69) is 19.2 Å². The van der Waals surface area contributed by atoms with Gasteiger partial charge in [0.1, 0.15) is 0 Å². The van der Waals surface area contributed by atoms with Crippen molar-refractivity contribution in [3.05, 3.63) is 24.3 Å². The van der Waals surface area contributed by atoms with Crippen LogP contribution in [-0.4, -0.2) is 31.7 Å². The van der Waals surface area contributed by atoms with Crippen molar-refractivity contribution in [2.75, 3.05) is 20.3 Å². The van der Waals surface area contributed by atoms with Gasteiger partial charge in [-0.15, -0.1) is 0 Å². The van der Waals surface area contributed by atoms with E-state index in [1.807, 2.05) is 31.2 Å². The third-order valence-electron chi connectivity index (χ3n) is 3.41. The van der Waals surface area contributed by atoms with Crippen molar-refractivity contribution in [2.45, 2.75) is 39.2 Å². The fourth-order valence-corrected chi connectivity index (χ4v) is 2.48. The van der Waals surface area contributed by atoms with Gasteiger partial charge in [0, 0.05) is 12.1 Å². The van der Waals surface area contributed by atoms with Crippen LogP contribution in [0.1, 0.15) is 33.6 Å². The van der Waals surface area contributed by atoms with Crippen molar-refractivity contribution in [3.8, 4) is 11.5 Å². The summed E-state index contributed by atoms with van der Waals surface area (Å²) in [4.78, 5) is 12.1. The maximum Gasteiger partial charge on any atom is 0.223 e. The lowest BCUT2D eigenvalue weighted by Crippen LogP contribution is -2.52. The number of hydrogen-bond acceptors (Lipinski definition) is 4. The van der Waals surface area contributed by atoms with E-state index in [0.29, 0.717) is 30.6 Å². The first-order valence-electron chi connectivity index (χ1n) is 7.67. The molecule has 5 nitrogen and oxygen atoms in total. The van der Waals surface area contributed by atoms with Crippen LogP contribution in [0.3, 0.4) is 0 Å². The van der Waals surface area contributed by atoms with Crippen molar-refractivity contribution in [3.63, 3.8) is 0 Å². The second kappa shape index (κ2) is 8.63. The van der Waals surface area contributed by atoms with Gasteiger partial charge in [-0.25, -0.2) is 0 Å². The minimum atomic E-state index is -0.365. The third-order valence-corrected chi connectivity index (χ3v) is 3.41. The van der Waals surface area contributed by atoms with Crippen LogP contribution in [0.25, 0.3) is 0 Å². The van der Waals surface area contributed by atoms with Crippen LogP contribution in [-0.2, 0) is 4.79 Å². The van der Waals surface area contributed by atoms with Crippen molar-refractivity contribution < 1.29 is 14.3 Å². The molecule has 22 heavy (non-hydrogen) atoms. The molecule has 0 aromatic heterocycles. The lowest BCUT2D eigenvalue weighted by molar-refractivity contribution is -0.123. The van der Waals surface area contributed by atoms with Crippen LogP contribution in [0, 0.1) is 5.92 Å². The Kier molecular flexibility index (Phi) is 7.18. The summed E-state index contributed by atoms with van der Waals surface area (Å²) >= 11 is 0. The van der Waals surface area contributed by atoms with Crippen LogP contribution in [0.4, 0.5) is 0 Å². The number of ether oxygens (including phenoxy) is 2. The van der Waals surface area contributed by atoms with Gasteiger partial charge in [0.15, 0.2) is 11.5 Å². The monoisotopic (exact) mass is 308 g/mol. The van der Waals surface area contributed by atoms with Gasteiger partial charge in [-0.3, -0.25) is 4.79 Å². The van der Waals surface area contributed by atoms with E-state index in [4.69, 9.17) is 15.2 Å². The lowest BCUT2D eigenvalue weighted by atomic mass is 9.90. The predicted molar refractivity (Wildman–Crippen MR) is 88.2 cm³/mol. The van der Waals surface area contributed by atoms with Crippen molar-refractivity contribution in [2.24, 2.45) is 11.7 Å². The number of rotatable bonds is 9. The molecule has 0 saturated carbocycles. The first-order valence-corrected chi connectivity index (χ1v) is 7.67. The van der Waals surface area contributed by atoms with Gasteiger partial charge in [0.2, 0.25) is 5.91 Å². The molecule has 0 bridgehead atoms. The number of amides is 1. The molecule has 0 aliphatic rings. The number of hydrogen-bond donors (Lipinski definition) is 2. The van der Waals surface area contributed by atoms with E-state index in [-0.39, 0.29) is 17.9 Å². The molecule has 0 aliphatic carbocycles. The lowest BCUT2D eigenvalue weighted by Gasteiger charge is -2.31. The fourth-order valence-electron chi connectivity index (χ4n) is 2.48. The van der Waals surface area contributed by atoms with Gasteiger partial charge in [-0.1, -0.05) is 26.0 Å². The van der Waals surface area contributed by atoms with E-state index >= 15 is 0 Å². The highest BCUT2D eigenvalue weighted by molar-refractivity contribution is 5.76. The molecule has 124 valence electrons. The maximum absolute atomic E-state index is 12.1. The summed E-state index contributed by atoms with van der Waals surface area (Å²) in [6.45, 7) is 6.93. The van der Waals surface area contributed by atoms with Crippen LogP contribution >= 0.6 is 0 Å². The number of benzene rings is 1. The van der Waals surface area contributed by atoms with Gasteiger partial charge in [-0.05, 0) is 31.4 Å². The van der Waals surface area contributed by atoms with Crippen LogP contribution in [0.5, 0.6) is 11.5 Å². The Morgan fingerprint density at radius 1 is 1.32 bits per heavy atom. The van der Waals surface area contributed by atoms with E-state index in [0.717, 1.165) is 6.42 Å². The summed E-state index contributed by atoms with van der Waals surface area (Å²) < 4.78 is 10.8. The average molecular weight is 308 g/mol. The molecule has 1 aromatic carbocycles. The Bertz CT molecular complexity index is 477. The summed E-state index contributed by atoms with van der Waals surface area (Å²) in [7, 11) is 1.59. The standard InChI is InChI=1S/C17H28N2O3/c1-13(2)11-17(3,12-18)19-16(20)9-10-22-15-8-6-5-7-14(15)21-4/h5-8,13H,9-12,18H2,1-4H3,(H,19,20). The zero-order valence-corrected chi connectivity index (χ0v) is 14.0. The molecule has 0 saturated heterocycles. The quantitative estimate of drug-likeness (QED) is 0.734. The molecular formula is C17H28N2O3. The van der Waals surface area contributed by atoms with Crippen molar-refractivity contribution in [1.29, 1.82) is 0 Å². The summed E-state index contributed by atoms with van der Waals surface area (Å²) in [5.41, 5.74) is 5.43. The summed E-state index contributed by atoms with van der Waals surface area (Å²) in [6.07, 6.45) is 1.13. The minimum absolute atomic E-state index is 0.0523. The van der Waals surface area contributed by atoms with Crippen molar-refractivity contribution >= 4 is 5.91 Å².